The van der Waals surface area contributed by atoms with Crippen molar-refractivity contribution in [3.8, 4) is 11.6 Å². The van der Waals surface area contributed by atoms with E-state index in [1.54, 1.807) is 18.6 Å². The van der Waals surface area contributed by atoms with Gasteiger partial charge in [-0.3, -0.25) is 9.78 Å². The standard InChI is InChI=1S/C23H23N5O3/c1-14-17-4-2-3-5-19(17)30-20(14)21(29)26-12-15-6-8-16(9-7-15)22-27-28-23(31-22)18-13-24-10-11-25-18/h2-5,10-11,13,15-16H,6-9,12H2,1H3,(H,26,29). The largest absolute Gasteiger partial charge is 0.451 e. The lowest BCUT2D eigenvalue weighted by Crippen LogP contribution is -2.31. The van der Waals surface area contributed by atoms with E-state index < -0.39 is 0 Å². The Hall–Kier alpha value is -3.55. The number of carbonyl (C=O) groups is 1. The molecule has 0 saturated heterocycles. The molecule has 1 aliphatic rings. The minimum absolute atomic E-state index is 0.152. The van der Waals surface area contributed by atoms with Gasteiger partial charge in [-0.25, -0.2) is 4.98 Å². The first-order valence-electron chi connectivity index (χ1n) is 10.5. The average molecular weight is 417 g/mol. The van der Waals surface area contributed by atoms with Gasteiger partial charge in [0.2, 0.25) is 5.89 Å². The number of fused-ring (bicyclic) bond motifs is 1. The Balaban J connectivity index is 1.16. The summed E-state index contributed by atoms with van der Waals surface area (Å²) in [5.74, 6) is 1.97. The molecule has 0 aliphatic heterocycles. The fraction of sp³-hybridized carbons (Fsp3) is 0.348. The third-order valence-electron chi connectivity index (χ3n) is 6.02. The first kappa shape index (κ1) is 19.4. The quantitative estimate of drug-likeness (QED) is 0.516. The highest BCUT2D eigenvalue weighted by atomic mass is 16.4. The van der Waals surface area contributed by atoms with E-state index >= 15 is 0 Å². The average Bonchev–Trinajstić information content (AvgIpc) is 3.44. The van der Waals surface area contributed by atoms with Crippen LogP contribution < -0.4 is 5.32 Å². The molecule has 158 valence electrons. The van der Waals surface area contributed by atoms with Crippen molar-refractivity contribution < 1.29 is 13.6 Å². The van der Waals surface area contributed by atoms with Crippen molar-refractivity contribution in [2.45, 2.75) is 38.5 Å². The van der Waals surface area contributed by atoms with Crippen molar-refractivity contribution in [1.82, 2.24) is 25.5 Å². The van der Waals surface area contributed by atoms with Crippen LogP contribution in [0.2, 0.25) is 0 Å². The second kappa shape index (κ2) is 8.29. The number of hydrogen-bond acceptors (Lipinski definition) is 7. The number of carbonyl (C=O) groups excluding carboxylic acids is 1. The molecule has 8 heteroatoms. The molecule has 1 amide bonds. The van der Waals surface area contributed by atoms with E-state index in [2.05, 4.69) is 25.5 Å². The molecule has 8 nitrogen and oxygen atoms in total. The Labute approximate surface area is 179 Å². The summed E-state index contributed by atoms with van der Waals surface area (Å²) in [4.78, 5) is 20.9. The molecule has 0 unspecified atom stereocenters. The van der Waals surface area contributed by atoms with Crippen LogP contribution in [-0.2, 0) is 0 Å². The molecule has 1 aliphatic carbocycles. The van der Waals surface area contributed by atoms with Crippen LogP contribution in [0.15, 0.2) is 51.7 Å². The van der Waals surface area contributed by atoms with Crippen molar-refractivity contribution in [2.75, 3.05) is 6.54 Å². The van der Waals surface area contributed by atoms with E-state index in [0.29, 0.717) is 35.7 Å². The number of aryl methyl sites for hydroxylation is 1. The summed E-state index contributed by atoms with van der Waals surface area (Å²) in [6, 6.07) is 7.71. The molecule has 3 aromatic heterocycles. The SMILES string of the molecule is Cc1c(C(=O)NCC2CCC(c3nnc(-c4cnccn4)o3)CC2)oc2ccccc12. The van der Waals surface area contributed by atoms with E-state index in [0.717, 1.165) is 42.2 Å². The minimum atomic E-state index is -0.152. The van der Waals surface area contributed by atoms with Crippen molar-refractivity contribution in [3.05, 3.63) is 60.1 Å². The monoisotopic (exact) mass is 417 g/mol. The van der Waals surface area contributed by atoms with E-state index in [-0.39, 0.29) is 11.8 Å². The number of rotatable bonds is 5. The summed E-state index contributed by atoms with van der Waals surface area (Å²) >= 11 is 0. The highest BCUT2D eigenvalue weighted by molar-refractivity contribution is 5.98. The molecule has 0 atom stereocenters. The summed E-state index contributed by atoms with van der Waals surface area (Å²) in [5.41, 5.74) is 2.21. The summed E-state index contributed by atoms with van der Waals surface area (Å²) < 4.78 is 11.6. The number of nitrogens with zero attached hydrogens (tertiary/aromatic N) is 4. The molecular formula is C23H23N5O3. The van der Waals surface area contributed by atoms with Crippen LogP contribution in [0, 0.1) is 12.8 Å². The second-order valence-corrected chi connectivity index (χ2v) is 8.02. The zero-order valence-corrected chi connectivity index (χ0v) is 17.2. The number of furan rings is 1. The number of nitrogens with one attached hydrogen (secondary N) is 1. The molecule has 1 N–H and O–H groups in total. The van der Waals surface area contributed by atoms with Gasteiger partial charge in [0.15, 0.2) is 5.76 Å². The zero-order valence-electron chi connectivity index (χ0n) is 17.2. The second-order valence-electron chi connectivity index (χ2n) is 8.02. The predicted octanol–water partition coefficient (Wildman–Crippen LogP) is 4.29. The smallest absolute Gasteiger partial charge is 0.287 e. The lowest BCUT2D eigenvalue weighted by Gasteiger charge is -2.26. The summed E-state index contributed by atoms with van der Waals surface area (Å²) in [6.07, 6.45) is 8.71. The van der Waals surface area contributed by atoms with Crippen LogP contribution >= 0.6 is 0 Å². The van der Waals surface area contributed by atoms with Gasteiger partial charge in [-0.2, -0.15) is 0 Å². The maximum atomic E-state index is 12.7. The molecule has 4 aromatic rings. The lowest BCUT2D eigenvalue weighted by atomic mass is 9.82. The van der Waals surface area contributed by atoms with Crippen LogP contribution in [0.5, 0.6) is 0 Å². The van der Waals surface area contributed by atoms with Gasteiger partial charge in [0.1, 0.15) is 11.3 Å². The number of amides is 1. The van der Waals surface area contributed by atoms with Crippen LogP contribution in [0.25, 0.3) is 22.6 Å². The van der Waals surface area contributed by atoms with Gasteiger partial charge in [0.05, 0.1) is 6.20 Å². The predicted molar refractivity (Wildman–Crippen MR) is 113 cm³/mol. The molecule has 1 saturated carbocycles. The zero-order chi connectivity index (χ0) is 21.2. The van der Waals surface area contributed by atoms with Crippen LogP contribution in [0.4, 0.5) is 0 Å². The van der Waals surface area contributed by atoms with Gasteiger partial charge < -0.3 is 14.2 Å². The van der Waals surface area contributed by atoms with Gasteiger partial charge in [-0.15, -0.1) is 10.2 Å². The molecule has 3 heterocycles. The van der Waals surface area contributed by atoms with Crippen molar-refractivity contribution in [2.24, 2.45) is 5.92 Å². The molecule has 0 radical (unpaired) electrons. The molecule has 31 heavy (non-hydrogen) atoms. The van der Waals surface area contributed by atoms with Crippen LogP contribution in [0.3, 0.4) is 0 Å². The van der Waals surface area contributed by atoms with E-state index in [4.69, 9.17) is 8.83 Å². The molecule has 1 aromatic carbocycles. The normalized spacial score (nSPS) is 18.9. The Bertz CT molecular complexity index is 1190. The van der Waals surface area contributed by atoms with Crippen molar-refractivity contribution in [3.63, 3.8) is 0 Å². The Morgan fingerprint density at radius 3 is 2.71 bits per heavy atom. The fourth-order valence-electron chi connectivity index (χ4n) is 4.23. The summed E-state index contributed by atoms with van der Waals surface area (Å²) in [6.45, 7) is 2.56. The highest BCUT2D eigenvalue weighted by Gasteiger charge is 2.27. The van der Waals surface area contributed by atoms with Crippen LogP contribution in [-0.4, -0.2) is 32.6 Å². The van der Waals surface area contributed by atoms with Gasteiger partial charge in [0.25, 0.3) is 11.8 Å². The third kappa shape index (κ3) is 3.93. The van der Waals surface area contributed by atoms with Crippen LogP contribution in [0.1, 0.15) is 53.6 Å². The summed E-state index contributed by atoms with van der Waals surface area (Å²) in [5, 5.41) is 12.4. The van der Waals surface area contributed by atoms with Crippen molar-refractivity contribution >= 4 is 16.9 Å². The lowest BCUT2D eigenvalue weighted by molar-refractivity contribution is 0.0916. The molecular weight excluding hydrogens is 394 g/mol. The number of aromatic nitrogens is 4. The molecule has 0 spiro atoms. The number of hydrogen-bond donors (Lipinski definition) is 1. The Morgan fingerprint density at radius 2 is 1.94 bits per heavy atom. The van der Waals surface area contributed by atoms with Gasteiger partial charge in [-0.1, -0.05) is 18.2 Å². The molecule has 1 fully saturated rings. The number of para-hydroxylation sites is 1. The van der Waals surface area contributed by atoms with Gasteiger partial charge >= 0.3 is 0 Å². The van der Waals surface area contributed by atoms with Crippen molar-refractivity contribution in [1.29, 1.82) is 0 Å². The Kier molecular flexibility index (Phi) is 5.19. The van der Waals surface area contributed by atoms with Gasteiger partial charge in [-0.05, 0) is 44.6 Å². The van der Waals surface area contributed by atoms with E-state index in [9.17, 15) is 4.79 Å². The van der Waals surface area contributed by atoms with E-state index in [1.165, 1.54) is 0 Å². The minimum Gasteiger partial charge on any atom is -0.451 e. The molecule has 0 bridgehead atoms. The maximum Gasteiger partial charge on any atom is 0.287 e. The Morgan fingerprint density at radius 1 is 1.10 bits per heavy atom. The number of benzene rings is 1. The molecule has 5 rings (SSSR count). The third-order valence-corrected chi connectivity index (χ3v) is 6.02. The topological polar surface area (TPSA) is 107 Å². The summed E-state index contributed by atoms with van der Waals surface area (Å²) in [7, 11) is 0. The van der Waals surface area contributed by atoms with E-state index in [1.807, 2.05) is 31.2 Å². The first-order valence-corrected chi connectivity index (χ1v) is 10.5. The van der Waals surface area contributed by atoms with Gasteiger partial charge in [0, 0.05) is 35.8 Å². The maximum absolute atomic E-state index is 12.7. The first-order chi connectivity index (χ1) is 15.2. The highest BCUT2D eigenvalue weighted by Crippen LogP contribution is 2.35. The fourth-order valence-corrected chi connectivity index (χ4v) is 4.23.